The van der Waals surface area contributed by atoms with Crippen molar-refractivity contribution in [1.82, 2.24) is 5.32 Å². The van der Waals surface area contributed by atoms with Crippen LogP contribution in [0.4, 0.5) is 5.69 Å². The normalized spacial score (nSPS) is 10.4. The quantitative estimate of drug-likeness (QED) is 0.655. The average molecular weight is 307 g/mol. The van der Waals surface area contributed by atoms with Gasteiger partial charge in [0.2, 0.25) is 0 Å². The van der Waals surface area contributed by atoms with Crippen LogP contribution < -0.4 is 10.1 Å². The van der Waals surface area contributed by atoms with E-state index in [1.165, 1.54) is 12.1 Å². The minimum atomic E-state index is -0.417. The molecule has 0 radical (unpaired) electrons. The lowest BCUT2D eigenvalue weighted by Gasteiger charge is -2.11. The molecular formula is C15H15ClN2O3. The molecule has 0 saturated carbocycles. The molecule has 0 atom stereocenters. The Kier molecular flexibility index (Phi) is 5.14. The largest absolute Gasteiger partial charge is 0.489 e. The van der Waals surface area contributed by atoms with E-state index >= 15 is 0 Å². The highest BCUT2D eigenvalue weighted by molar-refractivity contribution is 6.30. The molecule has 0 aliphatic heterocycles. The summed E-state index contributed by atoms with van der Waals surface area (Å²) in [4.78, 5) is 10.4. The Bertz CT molecular complexity index is 647. The molecule has 2 aromatic rings. The van der Waals surface area contributed by atoms with Crippen molar-refractivity contribution in [3.05, 3.63) is 68.7 Å². The van der Waals surface area contributed by atoms with Gasteiger partial charge in [-0.3, -0.25) is 10.1 Å². The summed E-state index contributed by atoms with van der Waals surface area (Å²) < 4.78 is 5.74. The molecule has 110 valence electrons. The fraction of sp³-hybridized carbons (Fsp3) is 0.200. The highest BCUT2D eigenvalue weighted by atomic mass is 35.5. The first-order valence-corrected chi connectivity index (χ1v) is 6.77. The zero-order valence-electron chi connectivity index (χ0n) is 11.5. The van der Waals surface area contributed by atoms with Crippen molar-refractivity contribution in [3.8, 4) is 5.75 Å². The fourth-order valence-corrected chi connectivity index (χ4v) is 2.15. The van der Waals surface area contributed by atoms with Crippen molar-refractivity contribution in [2.75, 3.05) is 7.05 Å². The average Bonchev–Trinajstić information content (AvgIpc) is 2.46. The SMILES string of the molecule is CNCc1cc([N+](=O)[O-])ccc1OCc1cccc(Cl)c1. The second kappa shape index (κ2) is 7.06. The molecule has 0 spiro atoms. The summed E-state index contributed by atoms with van der Waals surface area (Å²) in [6.07, 6.45) is 0. The number of non-ortho nitro benzene ring substituents is 1. The Balaban J connectivity index is 2.16. The van der Waals surface area contributed by atoms with Crippen LogP contribution in [0, 0.1) is 10.1 Å². The molecule has 0 saturated heterocycles. The molecule has 0 aliphatic carbocycles. The van der Waals surface area contributed by atoms with Crippen LogP contribution in [-0.4, -0.2) is 12.0 Å². The lowest BCUT2D eigenvalue weighted by molar-refractivity contribution is -0.384. The van der Waals surface area contributed by atoms with Crippen LogP contribution in [0.2, 0.25) is 5.02 Å². The molecule has 0 heterocycles. The highest BCUT2D eigenvalue weighted by Gasteiger charge is 2.11. The van der Waals surface area contributed by atoms with Gasteiger partial charge in [0.15, 0.2) is 0 Å². The third-order valence-corrected chi connectivity index (χ3v) is 3.14. The van der Waals surface area contributed by atoms with Gasteiger partial charge in [0.05, 0.1) is 4.92 Å². The van der Waals surface area contributed by atoms with E-state index in [9.17, 15) is 10.1 Å². The highest BCUT2D eigenvalue weighted by Crippen LogP contribution is 2.25. The lowest BCUT2D eigenvalue weighted by atomic mass is 10.1. The Morgan fingerprint density at radius 3 is 2.76 bits per heavy atom. The Morgan fingerprint density at radius 2 is 2.10 bits per heavy atom. The number of nitro benzene ring substituents is 1. The van der Waals surface area contributed by atoms with Crippen molar-refractivity contribution in [2.45, 2.75) is 13.2 Å². The predicted molar refractivity (Wildman–Crippen MR) is 81.6 cm³/mol. The van der Waals surface area contributed by atoms with Crippen LogP contribution >= 0.6 is 11.6 Å². The molecule has 0 amide bonds. The van der Waals surface area contributed by atoms with Gasteiger partial charge in [-0.05, 0) is 30.8 Å². The summed E-state index contributed by atoms with van der Waals surface area (Å²) in [7, 11) is 1.78. The van der Waals surface area contributed by atoms with Crippen molar-refractivity contribution in [1.29, 1.82) is 0 Å². The summed E-state index contributed by atoms with van der Waals surface area (Å²) in [6.45, 7) is 0.849. The number of nitro groups is 1. The number of nitrogens with zero attached hydrogens (tertiary/aromatic N) is 1. The van der Waals surface area contributed by atoms with Gasteiger partial charge in [0.25, 0.3) is 5.69 Å². The second-order valence-corrected chi connectivity index (χ2v) is 4.93. The van der Waals surface area contributed by atoms with Gasteiger partial charge in [0.1, 0.15) is 12.4 Å². The maximum absolute atomic E-state index is 10.8. The summed E-state index contributed by atoms with van der Waals surface area (Å²) in [5.74, 6) is 0.620. The molecule has 0 fully saturated rings. The van der Waals surface area contributed by atoms with Crippen LogP contribution in [0.3, 0.4) is 0 Å². The van der Waals surface area contributed by atoms with E-state index in [0.29, 0.717) is 23.9 Å². The van der Waals surface area contributed by atoms with Gasteiger partial charge in [-0.15, -0.1) is 0 Å². The van der Waals surface area contributed by atoms with Crippen molar-refractivity contribution in [3.63, 3.8) is 0 Å². The third-order valence-electron chi connectivity index (χ3n) is 2.91. The standard InChI is InChI=1S/C15H15ClN2O3/c1-17-9-12-8-14(18(19)20)5-6-15(12)21-10-11-3-2-4-13(16)7-11/h2-8,17H,9-10H2,1H3. The van der Waals surface area contributed by atoms with E-state index in [2.05, 4.69) is 5.32 Å². The first-order valence-electron chi connectivity index (χ1n) is 6.39. The Morgan fingerprint density at radius 1 is 1.29 bits per heavy atom. The van der Waals surface area contributed by atoms with Crippen molar-refractivity contribution in [2.24, 2.45) is 0 Å². The van der Waals surface area contributed by atoms with Crippen LogP contribution in [0.1, 0.15) is 11.1 Å². The zero-order chi connectivity index (χ0) is 15.2. The monoisotopic (exact) mass is 306 g/mol. The second-order valence-electron chi connectivity index (χ2n) is 4.50. The van der Waals surface area contributed by atoms with Crippen molar-refractivity contribution >= 4 is 17.3 Å². The molecule has 0 bridgehead atoms. The van der Waals surface area contributed by atoms with Crippen LogP contribution in [0.15, 0.2) is 42.5 Å². The molecule has 1 N–H and O–H groups in total. The summed E-state index contributed by atoms with van der Waals surface area (Å²) in [5.41, 5.74) is 1.74. The van der Waals surface area contributed by atoms with E-state index < -0.39 is 4.92 Å². The molecule has 2 rings (SSSR count). The summed E-state index contributed by atoms with van der Waals surface area (Å²) >= 11 is 5.92. The topological polar surface area (TPSA) is 64.4 Å². The minimum absolute atomic E-state index is 0.0513. The summed E-state index contributed by atoms with van der Waals surface area (Å²) in [5, 5.41) is 14.4. The number of hydrogen-bond donors (Lipinski definition) is 1. The molecule has 0 aromatic heterocycles. The van der Waals surface area contributed by atoms with Gasteiger partial charge in [-0.25, -0.2) is 0 Å². The van der Waals surface area contributed by atoms with Gasteiger partial charge in [-0.1, -0.05) is 23.7 Å². The number of rotatable bonds is 6. The predicted octanol–water partition coefficient (Wildman–Crippen LogP) is 3.55. The minimum Gasteiger partial charge on any atom is -0.489 e. The lowest BCUT2D eigenvalue weighted by Crippen LogP contribution is -2.08. The fourth-order valence-electron chi connectivity index (χ4n) is 1.94. The van der Waals surface area contributed by atoms with Gasteiger partial charge in [0, 0.05) is 29.3 Å². The molecule has 2 aromatic carbocycles. The molecule has 6 heteroatoms. The van der Waals surface area contributed by atoms with Crippen LogP contribution in [0.5, 0.6) is 5.75 Å². The number of ether oxygens (including phenoxy) is 1. The number of benzene rings is 2. The third kappa shape index (κ3) is 4.18. The van der Waals surface area contributed by atoms with E-state index in [1.807, 2.05) is 18.2 Å². The van der Waals surface area contributed by atoms with Crippen LogP contribution in [-0.2, 0) is 13.2 Å². The van der Waals surface area contributed by atoms with E-state index in [4.69, 9.17) is 16.3 Å². The van der Waals surface area contributed by atoms with E-state index in [1.54, 1.807) is 19.2 Å². The Hall–Kier alpha value is -2.11. The van der Waals surface area contributed by atoms with E-state index in [-0.39, 0.29) is 5.69 Å². The summed E-state index contributed by atoms with van der Waals surface area (Å²) in [6, 6.07) is 12.0. The van der Waals surface area contributed by atoms with Gasteiger partial charge >= 0.3 is 0 Å². The molecule has 5 nitrogen and oxygen atoms in total. The number of hydrogen-bond acceptors (Lipinski definition) is 4. The smallest absolute Gasteiger partial charge is 0.270 e. The molecule has 0 aliphatic rings. The first-order chi connectivity index (χ1) is 10.1. The first kappa shape index (κ1) is 15.3. The zero-order valence-corrected chi connectivity index (χ0v) is 12.3. The molecule has 0 unspecified atom stereocenters. The number of nitrogens with one attached hydrogen (secondary N) is 1. The van der Waals surface area contributed by atoms with Gasteiger partial charge < -0.3 is 10.1 Å². The van der Waals surface area contributed by atoms with Crippen molar-refractivity contribution < 1.29 is 9.66 Å². The maximum atomic E-state index is 10.8. The number of halogens is 1. The molecule has 21 heavy (non-hydrogen) atoms. The van der Waals surface area contributed by atoms with E-state index in [0.717, 1.165) is 11.1 Å². The van der Waals surface area contributed by atoms with Gasteiger partial charge in [-0.2, -0.15) is 0 Å². The maximum Gasteiger partial charge on any atom is 0.270 e. The Labute approximate surface area is 127 Å². The molecular weight excluding hydrogens is 292 g/mol. The van der Waals surface area contributed by atoms with Crippen LogP contribution in [0.25, 0.3) is 0 Å².